The lowest BCUT2D eigenvalue weighted by atomic mass is 10.0. The van der Waals surface area contributed by atoms with Gasteiger partial charge in [-0.25, -0.2) is 0 Å². The molecule has 0 aliphatic carbocycles. The van der Waals surface area contributed by atoms with Gasteiger partial charge in [0.25, 0.3) is 0 Å². The first-order valence-electron chi connectivity index (χ1n) is 7.12. The van der Waals surface area contributed by atoms with Crippen molar-refractivity contribution in [3.8, 4) is 0 Å². The fourth-order valence-corrected chi connectivity index (χ4v) is 2.65. The number of fused-ring (bicyclic) bond motifs is 1. The van der Waals surface area contributed by atoms with Crippen molar-refractivity contribution < 1.29 is 4.42 Å². The number of rotatable bonds is 5. The Morgan fingerprint density at radius 2 is 2.05 bits per heavy atom. The zero-order valence-corrected chi connectivity index (χ0v) is 12.6. The molecule has 0 radical (unpaired) electrons. The molecular weight excluding hydrogens is 284 g/mol. The lowest BCUT2D eigenvalue weighted by Crippen LogP contribution is -2.23. The molecule has 2 heterocycles. The maximum absolute atomic E-state index is 5.93. The van der Waals surface area contributed by atoms with E-state index in [1.54, 1.807) is 6.07 Å². The zero-order chi connectivity index (χ0) is 14.7. The molecule has 2 aromatic heterocycles. The summed E-state index contributed by atoms with van der Waals surface area (Å²) in [4.78, 5) is 4.53. The monoisotopic (exact) mass is 300 g/mol. The molecule has 1 aromatic carbocycles. The van der Waals surface area contributed by atoms with Crippen molar-refractivity contribution in [3.63, 3.8) is 0 Å². The number of nitrogens with zero attached hydrogens (tertiary/aromatic N) is 1. The number of para-hydroxylation sites is 1. The number of hydrogen-bond donors (Lipinski definition) is 1. The highest BCUT2D eigenvalue weighted by Gasteiger charge is 2.19. The molecule has 21 heavy (non-hydrogen) atoms. The highest BCUT2D eigenvalue weighted by molar-refractivity contribution is 6.28. The van der Waals surface area contributed by atoms with E-state index in [0.29, 0.717) is 5.22 Å². The van der Waals surface area contributed by atoms with Crippen LogP contribution in [0.2, 0.25) is 5.22 Å². The van der Waals surface area contributed by atoms with Crippen molar-refractivity contribution in [2.45, 2.75) is 19.4 Å². The highest BCUT2D eigenvalue weighted by Crippen LogP contribution is 2.30. The average molecular weight is 301 g/mol. The molecule has 0 saturated heterocycles. The molecule has 0 aliphatic heterocycles. The quantitative estimate of drug-likeness (QED) is 0.750. The number of pyridine rings is 1. The van der Waals surface area contributed by atoms with E-state index in [1.165, 1.54) is 0 Å². The van der Waals surface area contributed by atoms with Crippen molar-refractivity contribution in [1.29, 1.82) is 0 Å². The van der Waals surface area contributed by atoms with Crippen LogP contribution in [0.15, 0.2) is 53.1 Å². The number of hydrogen-bond acceptors (Lipinski definition) is 3. The van der Waals surface area contributed by atoms with Crippen LogP contribution in [-0.2, 0) is 0 Å². The second kappa shape index (κ2) is 6.29. The lowest BCUT2D eigenvalue weighted by molar-refractivity contribution is 0.449. The summed E-state index contributed by atoms with van der Waals surface area (Å²) in [6.07, 6.45) is 2.86. The van der Waals surface area contributed by atoms with Crippen LogP contribution >= 0.6 is 11.6 Å². The van der Waals surface area contributed by atoms with Crippen molar-refractivity contribution >= 4 is 22.5 Å². The lowest BCUT2D eigenvalue weighted by Gasteiger charge is -2.18. The Morgan fingerprint density at radius 3 is 2.81 bits per heavy atom. The summed E-state index contributed by atoms with van der Waals surface area (Å²) in [7, 11) is 0. The van der Waals surface area contributed by atoms with Gasteiger partial charge in [0.15, 0.2) is 5.22 Å². The van der Waals surface area contributed by atoms with E-state index in [0.717, 1.165) is 35.2 Å². The Bertz CT molecular complexity index is 733. The molecule has 0 fully saturated rings. The van der Waals surface area contributed by atoms with Gasteiger partial charge in [0.05, 0.1) is 11.6 Å². The van der Waals surface area contributed by atoms with Crippen LogP contribution in [0.5, 0.6) is 0 Å². The van der Waals surface area contributed by atoms with E-state index >= 15 is 0 Å². The summed E-state index contributed by atoms with van der Waals surface area (Å²) < 4.78 is 5.62. The van der Waals surface area contributed by atoms with Crippen LogP contribution in [0, 0.1) is 0 Å². The van der Waals surface area contributed by atoms with Gasteiger partial charge in [0.1, 0.15) is 5.76 Å². The van der Waals surface area contributed by atoms with Gasteiger partial charge in [-0.2, -0.15) is 0 Å². The summed E-state index contributed by atoms with van der Waals surface area (Å²) in [6, 6.07) is 13.9. The molecule has 4 heteroatoms. The molecule has 3 aromatic rings. The standard InChI is InChI=1S/C17H17ClN2O/c1-2-10-19-17(14-8-9-15(18)21-14)13-7-3-5-12-6-4-11-20-16(12)13/h3-9,11,17,19H,2,10H2,1H3. The van der Waals surface area contributed by atoms with Crippen LogP contribution in [0.25, 0.3) is 10.9 Å². The highest BCUT2D eigenvalue weighted by atomic mass is 35.5. The van der Waals surface area contributed by atoms with Crippen molar-refractivity contribution in [2.24, 2.45) is 0 Å². The minimum atomic E-state index is -0.0453. The first-order valence-corrected chi connectivity index (χ1v) is 7.49. The third-order valence-electron chi connectivity index (χ3n) is 3.45. The van der Waals surface area contributed by atoms with Gasteiger partial charge >= 0.3 is 0 Å². The molecule has 0 bridgehead atoms. The van der Waals surface area contributed by atoms with E-state index in [1.807, 2.05) is 24.4 Å². The first-order chi connectivity index (χ1) is 10.3. The zero-order valence-electron chi connectivity index (χ0n) is 11.8. The van der Waals surface area contributed by atoms with E-state index in [9.17, 15) is 0 Å². The molecule has 0 amide bonds. The number of benzene rings is 1. The summed E-state index contributed by atoms with van der Waals surface area (Å²) >= 11 is 5.93. The maximum atomic E-state index is 5.93. The summed E-state index contributed by atoms with van der Waals surface area (Å²) in [5.41, 5.74) is 2.09. The molecule has 108 valence electrons. The number of halogens is 1. The van der Waals surface area contributed by atoms with Gasteiger partial charge in [-0.1, -0.05) is 31.2 Å². The Balaban J connectivity index is 2.09. The molecule has 0 spiro atoms. The largest absolute Gasteiger partial charge is 0.448 e. The van der Waals surface area contributed by atoms with Gasteiger partial charge in [0.2, 0.25) is 0 Å². The van der Waals surface area contributed by atoms with Crippen LogP contribution in [0.1, 0.15) is 30.7 Å². The Kier molecular flexibility index (Phi) is 4.23. The summed E-state index contributed by atoms with van der Waals surface area (Å²) in [6.45, 7) is 3.03. The molecule has 1 N–H and O–H groups in total. The summed E-state index contributed by atoms with van der Waals surface area (Å²) in [5, 5.41) is 5.04. The molecular formula is C17H17ClN2O. The minimum Gasteiger partial charge on any atom is -0.448 e. The van der Waals surface area contributed by atoms with Crippen LogP contribution in [0.4, 0.5) is 0 Å². The molecule has 3 nitrogen and oxygen atoms in total. The number of furan rings is 1. The van der Waals surface area contributed by atoms with E-state index in [-0.39, 0.29) is 6.04 Å². The molecule has 1 atom stereocenters. The molecule has 3 rings (SSSR count). The third-order valence-corrected chi connectivity index (χ3v) is 3.66. The topological polar surface area (TPSA) is 38.1 Å². The normalized spacial score (nSPS) is 12.7. The van der Waals surface area contributed by atoms with E-state index < -0.39 is 0 Å². The first kappa shape index (κ1) is 14.1. The van der Waals surface area contributed by atoms with E-state index in [4.69, 9.17) is 16.0 Å². The van der Waals surface area contributed by atoms with E-state index in [2.05, 4.69) is 35.4 Å². The Hall–Kier alpha value is -1.84. The van der Waals surface area contributed by atoms with Gasteiger partial charge in [-0.05, 0) is 42.8 Å². The number of nitrogens with one attached hydrogen (secondary N) is 1. The Morgan fingerprint density at radius 1 is 1.19 bits per heavy atom. The fourth-order valence-electron chi connectivity index (χ4n) is 2.50. The SMILES string of the molecule is CCCNC(c1ccc(Cl)o1)c1cccc2cccnc12. The Labute approximate surface area is 128 Å². The van der Waals surface area contributed by atoms with Crippen LogP contribution in [-0.4, -0.2) is 11.5 Å². The third kappa shape index (κ3) is 2.94. The summed E-state index contributed by atoms with van der Waals surface area (Å²) in [5.74, 6) is 0.812. The molecule has 0 aliphatic rings. The average Bonchev–Trinajstić information content (AvgIpc) is 2.94. The predicted octanol–water partition coefficient (Wildman–Crippen LogP) is 4.57. The van der Waals surface area contributed by atoms with Crippen molar-refractivity contribution in [2.75, 3.05) is 6.54 Å². The fraction of sp³-hybridized carbons (Fsp3) is 0.235. The van der Waals surface area contributed by atoms with Crippen molar-refractivity contribution in [3.05, 3.63) is 65.2 Å². The van der Waals surface area contributed by atoms with Gasteiger partial charge < -0.3 is 9.73 Å². The van der Waals surface area contributed by atoms with Gasteiger partial charge in [-0.15, -0.1) is 0 Å². The molecule has 1 unspecified atom stereocenters. The second-order valence-corrected chi connectivity index (χ2v) is 5.32. The second-order valence-electron chi connectivity index (χ2n) is 4.95. The smallest absolute Gasteiger partial charge is 0.193 e. The van der Waals surface area contributed by atoms with Gasteiger partial charge in [-0.3, -0.25) is 4.98 Å². The van der Waals surface area contributed by atoms with Crippen molar-refractivity contribution in [1.82, 2.24) is 10.3 Å². The van der Waals surface area contributed by atoms with Crippen LogP contribution in [0.3, 0.4) is 0 Å². The van der Waals surface area contributed by atoms with Gasteiger partial charge in [0, 0.05) is 17.1 Å². The number of aromatic nitrogens is 1. The predicted molar refractivity (Wildman–Crippen MR) is 85.6 cm³/mol. The molecule has 0 saturated carbocycles. The maximum Gasteiger partial charge on any atom is 0.193 e. The minimum absolute atomic E-state index is 0.0453. The van der Waals surface area contributed by atoms with Crippen LogP contribution < -0.4 is 5.32 Å².